The van der Waals surface area contributed by atoms with Crippen molar-refractivity contribution in [2.45, 2.75) is 89.6 Å². The molecule has 1 atom stereocenters. The van der Waals surface area contributed by atoms with E-state index < -0.39 is 11.1 Å². The van der Waals surface area contributed by atoms with Crippen LogP contribution in [-0.4, -0.2) is 34.3 Å². The second-order valence-corrected chi connectivity index (χ2v) is 6.90. The van der Waals surface area contributed by atoms with Crippen molar-refractivity contribution in [1.82, 2.24) is 10.2 Å². The van der Waals surface area contributed by atoms with E-state index in [9.17, 15) is 9.59 Å². The topological polar surface area (TPSA) is 49.4 Å². The number of piperazine rings is 1. The average Bonchev–Trinajstić information content (AvgIpc) is 2.50. The van der Waals surface area contributed by atoms with E-state index in [1.807, 2.05) is 18.7 Å². The van der Waals surface area contributed by atoms with Gasteiger partial charge >= 0.3 is 0 Å². The fourth-order valence-electron chi connectivity index (χ4n) is 3.74. The molecule has 1 heterocycles. The van der Waals surface area contributed by atoms with Crippen LogP contribution in [0.2, 0.25) is 0 Å². The predicted molar refractivity (Wildman–Crippen MR) is 83.9 cm³/mol. The van der Waals surface area contributed by atoms with Gasteiger partial charge in [0.05, 0.1) is 0 Å². The number of hydrogen-bond donors (Lipinski definition) is 1. The van der Waals surface area contributed by atoms with Gasteiger partial charge in [0.25, 0.3) is 0 Å². The molecule has 0 aromatic heterocycles. The van der Waals surface area contributed by atoms with Crippen LogP contribution in [0, 0.1) is 0 Å². The highest BCUT2D eigenvalue weighted by molar-refractivity contribution is 6.02. The Balaban J connectivity index is 2.28. The van der Waals surface area contributed by atoms with Gasteiger partial charge < -0.3 is 10.2 Å². The van der Waals surface area contributed by atoms with Gasteiger partial charge in [-0.3, -0.25) is 9.59 Å². The molecule has 1 aliphatic carbocycles. The van der Waals surface area contributed by atoms with Crippen LogP contribution in [0.5, 0.6) is 0 Å². The smallest absolute Gasteiger partial charge is 0.248 e. The largest absolute Gasteiger partial charge is 0.340 e. The number of nitrogens with zero attached hydrogens (tertiary/aromatic N) is 1. The summed E-state index contributed by atoms with van der Waals surface area (Å²) >= 11 is 0. The molecule has 0 bridgehead atoms. The molecule has 0 aromatic rings. The van der Waals surface area contributed by atoms with E-state index in [-0.39, 0.29) is 11.8 Å². The molecule has 1 saturated carbocycles. The molecule has 21 heavy (non-hydrogen) atoms. The molecule has 4 nitrogen and oxygen atoms in total. The Morgan fingerprint density at radius 1 is 1.10 bits per heavy atom. The Morgan fingerprint density at radius 2 is 1.76 bits per heavy atom. The Hall–Kier alpha value is -1.06. The van der Waals surface area contributed by atoms with Crippen LogP contribution < -0.4 is 5.32 Å². The lowest BCUT2D eigenvalue weighted by atomic mass is 9.75. The lowest BCUT2D eigenvalue weighted by Gasteiger charge is -2.53. The number of carbonyl (C=O) groups is 2. The third-order valence-electron chi connectivity index (χ3n) is 5.42. The second-order valence-electron chi connectivity index (χ2n) is 6.90. The lowest BCUT2D eigenvalue weighted by Crippen LogP contribution is -2.75. The van der Waals surface area contributed by atoms with Crippen molar-refractivity contribution in [3.8, 4) is 0 Å². The first-order chi connectivity index (χ1) is 10.00. The van der Waals surface area contributed by atoms with Gasteiger partial charge in [0.2, 0.25) is 11.8 Å². The monoisotopic (exact) mass is 294 g/mol. The molecular formula is C17H30N2O2. The fraction of sp³-hybridized carbons (Fsp3) is 0.882. The zero-order valence-corrected chi connectivity index (χ0v) is 13.8. The van der Waals surface area contributed by atoms with Gasteiger partial charge in [0, 0.05) is 6.54 Å². The van der Waals surface area contributed by atoms with Crippen molar-refractivity contribution in [1.29, 1.82) is 0 Å². The standard InChI is InChI=1S/C17H30N2O2/c1-4-6-10-13-19-15(21)16(3,5-2)18-14(20)17(19)11-8-7-9-12-17/h4-13H2,1-3H3,(H,18,20). The maximum atomic E-state index is 13.0. The van der Waals surface area contributed by atoms with E-state index >= 15 is 0 Å². The van der Waals surface area contributed by atoms with Gasteiger partial charge in [-0.05, 0) is 32.6 Å². The Labute approximate surface area is 128 Å². The Kier molecular flexibility index (Phi) is 4.95. The Bertz CT molecular complexity index is 402. The van der Waals surface area contributed by atoms with E-state index in [0.29, 0.717) is 6.42 Å². The molecule has 4 heteroatoms. The molecule has 120 valence electrons. The number of nitrogens with one attached hydrogen (secondary N) is 1. The average molecular weight is 294 g/mol. The highest BCUT2D eigenvalue weighted by Crippen LogP contribution is 2.39. The fourth-order valence-corrected chi connectivity index (χ4v) is 3.74. The highest BCUT2D eigenvalue weighted by atomic mass is 16.2. The minimum absolute atomic E-state index is 0.0858. The minimum Gasteiger partial charge on any atom is -0.340 e. The summed E-state index contributed by atoms with van der Waals surface area (Å²) in [5, 5.41) is 3.04. The maximum absolute atomic E-state index is 13.0. The van der Waals surface area contributed by atoms with Crippen molar-refractivity contribution in [3.05, 3.63) is 0 Å². The number of amides is 2. The first kappa shape index (κ1) is 16.3. The zero-order chi connectivity index (χ0) is 15.5. The summed E-state index contributed by atoms with van der Waals surface area (Å²) in [7, 11) is 0. The number of carbonyl (C=O) groups excluding carboxylic acids is 2. The summed E-state index contributed by atoms with van der Waals surface area (Å²) in [6.07, 6.45) is 8.83. The molecular weight excluding hydrogens is 264 g/mol. The molecule has 2 fully saturated rings. The lowest BCUT2D eigenvalue weighted by molar-refractivity contribution is -0.165. The summed E-state index contributed by atoms with van der Waals surface area (Å²) in [5.41, 5.74) is -1.27. The highest BCUT2D eigenvalue weighted by Gasteiger charge is 2.55. The first-order valence-electron chi connectivity index (χ1n) is 8.65. The molecule has 0 aromatic carbocycles. The molecule has 1 aliphatic heterocycles. The maximum Gasteiger partial charge on any atom is 0.248 e. The summed E-state index contributed by atoms with van der Waals surface area (Å²) in [5.74, 6) is 0.213. The number of hydrogen-bond acceptors (Lipinski definition) is 2. The molecule has 1 unspecified atom stereocenters. The quantitative estimate of drug-likeness (QED) is 0.792. The molecule has 2 aliphatic rings. The van der Waals surface area contributed by atoms with E-state index in [1.165, 1.54) is 6.42 Å². The van der Waals surface area contributed by atoms with Crippen LogP contribution in [0.15, 0.2) is 0 Å². The van der Waals surface area contributed by atoms with Crippen molar-refractivity contribution in [3.63, 3.8) is 0 Å². The van der Waals surface area contributed by atoms with Gasteiger partial charge in [-0.1, -0.05) is 46.0 Å². The van der Waals surface area contributed by atoms with Gasteiger partial charge in [-0.2, -0.15) is 0 Å². The molecule has 1 saturated heterocycles. The van der Waals surface area contributed by atoms with E-state index in [2.05, 4.69) is 12.2 Å². The van der Waals surface area contributed by atoms with Crippen LogP contribution in [0.25, 0.3) is 0 Å². The van der Waals surface area contributed by atoms with Crippen LogP contribution in [0.4, 0.5) is 0 Å². The summed E-state index contributed by atoms with van der Waals surface area (Å²) in [4.78, 5) is 27.8. The van der Waals surface area contributed by atoms with Crippen LogP contribution in [0.3, 0.4) is 0 Å². The number of unbranched alkanes of at least 4 members (excludes halogenated alkanes) is 2. The van der Waals surface area contributed by atoms with E-state index in [0.717, 1.165) is 51.5 Å². The molecule has 1 spiro atoms. The Morgan fingerprint density at radius 3 is 2.33 bits per heavy atom. The van der Waals surface area contributed by atoms with Crippen molar-refractivity contribution in [2.75, 3.05) is 6.54 Å². The van der Waals surface area contributed by atoms with Crippen LogP contribution in [-0.2, 0) is 9.59 Å². The summed E-state index contributed by atoms with van der Waals surface area (Å²) in [6, 6.07) is 0. The first-order valence-corrected chi connectivity index (χ1v) is 8.65. The van der Waals surface area contributed by atoms with Crippen LogP contribution in [0.1, 0.15) is 78.6 Å². The summed E-state index contributed by atoms with van der Waals surface area (Å²) in [6.45, 7) is 6.74. The number of rotatable bonds is 5. The zero-order valence-electron chi connectivity index (χ0n) is 13.8. The summed E-state index contributed by atoms with van der Waals surface area (Å²) < 4.78 is 0. The van der Waals surface area contributed by atoms with E-state index in [4.69, 9.17) is 0 Å². The van der Waals surface area contributed by atoms with Gasteiger partial charge in [0.1, 0.15) is 11.1 Å². The van der Waals surface area contributed by atoms with E-state index in [1.54, 1.807) is 0 Å². The SMILES string of the molecule is CCCCCN1C(=O)C(C)(CC)NC(=O)C12CCCCC2. The molecule has 2 rings (SSSR count). The van der Waals surface area contributed by atoms with Crippen LogP contribution >= 0.6 is 0 Å². The van der Waals surface area contributed by atoms with Gasteiger partial charge in [-0.25, -0.2) is 0 Å². The van der Waals surface area contributed by atoms with Crippen molar-refractivity contribution < 1.29 is 9.59 Å². The molecule has 0 radical (unpaired) electrons. The normalized spacial score (nSPS) is 28.8. The second kappa shape index (κ2) is 6.37. The van der Waals surface area contributed by atoms with Crippen molar-refractivity contribution in [2.24, 2.45) is 0 Å². The molecule has 1 N–H and O–H groups in total. The van der Waals surface area contributed by atoms with Crippen molar-refractivity contribution >= 4 is 11.8 Å². The predicted octanol–water partition coefficient (Wildman–Crippen LogP) is 3.01. The molecule has 2 amide bonds. The van der Waals surface area contributed by atoms with Gasteiger partial charge in [0.15, 0.2) is 0 Å². The minimum atomic E-state index is -0.716. The third-order valence-corrected chi connectivity index (χ3v) is 5.42. The van der Waals surface area contributed by atoms with Gasteiger partial charge in [-0.15, -0.1) is 0 Å². The third kappa shape index (κ3) is 2.82.